The molecule has 0 amide bonds. The van der Waals surface area contributed by atoms with Crippen molar-refractivity contribution in [3.05, 3.63) is 83.1 Å². The van der Waals surface area contributed by atoms with Gasteiger partial charge in [0.1, 0.15) is 23.1 Å². The molecule has 1 unspecified atom stereocenters. The molecule has 1 atom stereocenters. The van der Waals surface area contributed by atoms with Crippen LogP contribution in [-0.4, -0.2) is 29.9 Å². The molecule has 0 aliphatic heterocycles. The molecule has 0 spiro atoms. The van der Waals surface area contributed by atoms with Gasteiger partial charge in [0.05, 0.1) is 24.0 Å². The number of alkyl halides is 5. The van der Waals surface area contributed by atoms with E-state index in [1.54, 1.807) is 0 Å². The number of pyridine rings is 2. The fourth-order valence-corrected chi connectivity index (χ4v) is 3.06. The van der Waals surface area contributed by atoms with Gasteiger partial charge in [-0.2, -0.15) is 22.0 Å². The first-order valence-electron chi connectivity index (χ1n) is 10.8. The van der Waals surface area contributed by atoms with E-state index in [4.69, 9.17) is 4.74 Å². The lowest BCUT2D eigenvalue weighted by Crippen LogP contribution is -2.34. The summed E-state index contributed by atoms with van der Waals surface area (Å²) in [5.41, 5.74) is -2.64. The third-order valence-electron chi connectivity index (χ3n) is 4.75. The van der Waals surface area contributed by atoms with Gasteiger partial charge in [0.25, 0.3) is 11.8 Å². The van der Waals surface area contributed by atoms with Gasteiger partial charge in [-0.05, 0) is 29.8 Å². The molecule has 200 valence electrons. The average molecular weight is 534 g/mol. The minimum Gasteiger partial charge on any atom is -0.435 e. The second-order valence-electron chi connectivity index (χ2n) is 7.13. The van der Waals surface area contributed by atoms with Gasteiger partial charge < -0.3 is 10.1 Å². The van der Waals surface area contributed by atoms with E-state index in [9.17, 15) is 26.3 Å². The van der Waals surface area contributed by atoms with Crippen LogP contribution in [0.4, 0.5) is 35.1 Å². The van der Waals surface area contributed by atoms with Gasteiger partial charge >= 0.3 is 6.18 Å². The first-order chi connectivity index (χ1) is 17.4. The molecule has 0 saturated carbocycles. The maximum absolute atomic E-state index is 15.4. The molecule has 0 fully saturated rings. The minimum absolute atomic E-state index is 0.173. The third kappa shape index (κ3) is 7.37. The largest absolute Gasteiger partial charge is 0.435 e. The van der Waals surface area contributed by atoms with E-state index in [1.807, 2.05) is 13.8 Å². The molecule has 2 heterocycles. The fourth-order valence-electron chi connectivity index (χ4n) is 3.06. The van der Waals surface area contributed by atoms with Crippen LogP contribution >= 0.6 is 0 Å². The van der Waals surface area contributed by atoms with Gasteiger partial charge in [0.15, 0.2) is 5.82 Å². The predicted molar refractivity (Wildman–Crippen MR) is 120 cm³/mol. The number of nitrogens with one attached hydrogen (secondary N) is 1. The normalized spacial score (nSPS) is 12.6. The van der Waals surface area contributed by atoms with Gasteiger partial charge in [-0.1, -0.05) is 19.9 Å². The van der Waals surface area contributed by atoms with Crippen LogP contribution in [0.2, 0.25) is 0 Å². The van der Waals surface area contributed by atoms with E-state index in [1.165, 1.54) is 7.05 Å². The summed E-state index contributed by atoms with van der Waals surface area (Å²) in [7, 11) is 1.38. The second kappa shape index (κ2) is 12.5. The van der Waals surface area contributed by atoms with E-state index in [-0.39, 0.29) is 11.8 Å². The van der Waals surface area contributed by atoms with Crippen LogP contribution in [0.15, 0.2) is 53.8 Å². The molecule has 0 aliphatic carbocycles. The Morgan fingerprint density at radius 2 is 1.65 bits per heavy atom. The number of nitrogens with zero attached hydrogens (tertiary/aromatic N) is 3. The summed E-state index contributed by atoms with van der Waals surface area (Å²) >= 11 is 0. The van der Waals surface area contributed by atoms with E-state index in [2.05, 4.69) is 20.3 Å². The van der Waals surface area contributed by atoms with Crippen LogP contribution in [0, 0.1) is 17.5 Å². The molecule has 3 rings (SSSR count). The Morgan fingerprint density at radius 3 is 2.19 bits per heavy atom. The summed E-state index contributed by atoms with van der Waals surface area (Å²) in [6.45, 7) is 3.51. The van der Waals surface area contributed by atoms with E-state index in [0.717, 1.165) is 36.8 Å². The fraction of sp³-hybridized carbons (Fsp3) is 0.292. The monoisotopic (exact) mass is 534 g/mol. The maximum Gasteiger partial charge on any atom is 0.417 e. The lowest BCUT2D eigenvalue weighted by atomic mass is 9.89. The second-order valence-corrected chi connectivity index (χ2v) is 7.13. The highest BCUT2D eigenvalue weighted by atomic mass is 19.4. The number of rotatable bonds is 8. The molecule has 1 N–H and O–H groups in total. The molecular formula is C24H22F8N4O. The van der Waals surface area contributed by atoms with E-state index >= 15 is 8.78 Å². The quantitative estimate of drug-likeness (QED) is 0.195. The SMILES string of the molecule is CC.CN=CNCC(c1ccc(F)cc1F)C(F)(F)c1ccc(Oc2ncc(C(F)(F)F)cc2F)cn1. The van der Waals surface area contributed by atoms with Crippen LogP contribution in [0.25, 0.3) is 0 Å². The molecule has 1 aromatic carbocycles. The van der Waals surface area contributed by atoms with Crippen molar-refractivity contribution in [2.75, 3.05) is 13.6 Å². The van der Waals surface area contributed by atoms with E-state index < -0.39 is 64.7 Å². The van der Waals surface area contributed by atoms with Crippen molar-refractivity contribution >= 4 is 6.34 Å². The maximum atomic E-state index is 15.4. The van der Waals surface area contributed by atoms with Crippen LogP contribution in [0.5, 0.6) is 11.6 Å². The average Bonchev–Trinajstić information content (AvgIpc) is 2.85. The van der Waals surface area contributed by atoms with Crippen LogP contribution in [0.1, 0.15) is 36.6 Å². The molecule has 3 aromatic rings. The van der Waals surface area contributed by atoms with Crippen molar-refractivity contribution in [1.29, 1.82) is 0 Å². The topological polar surface area (TPSA) is 59.4 Å². The molecule has 0 radical (unpaired) electrons. The first kappa shape index (κ1) is 29.5. The Morgan fingerprint density at radius 1 is 0.946 bits per heavy atom. The number of halogens is 8. The van der Waals surface area contributed by atoms with Crippen molar-refractivity contribution in [2.45, 2.75) is 31.9 Å². The lowest BCUT2D eigenvalue weighted by molar-refractivity contribution is -0.138. The van der Waals surface area contributed by atoms with Crippen LogP contribution < -0.4 is 10.1 Å². The molecule has 0 bridgehead atoms. The first-order valence-corrected chi connectivity index (χ1v) is 10.8. The van der Waals surface area contributed by atoms with Crippen molar-refractivity contribution in [2.24, 2.45) is 4.99 Å². The van der Waals surface area contributed by atoms with E-state index in [0.29, 0.717) is 12.3 Å². The number of aliphatic imine (C=N–C) groups is 1. The summed E-state index contributed by atoms with van der Waals surface area (Å²) in [6, 6.07) is 4.17. The number of hydrogen-bond donors (Lipinski definition) is 1. The summed E-state index contributed by atoms with van der Waals surface area (Å²) in [5, 5.41) is 2.50. The van der Waals surface area contributed by atoms with Crippen molar-refractivity contribution < 1.29 is 39.9 Å². The lowest BCUT2D eigenvalue weighted by Gasteiger charge is -2.27. The van der Waals surface area contributed by atoms with Crippen molar-refractivity contribution in [3.8, 4) is 11.6 Å². The number of benzene rings is 1. The number of aromatic nitrogens is 2. The van der Waals surface area contributed by atoms with Gasteiger partial charge in [-0.25, -0.2) is 18.2 Å². The van der Waals surface area contributed by atoms with Gasteiger partial charge in [-0.3, -0.25) is 9.98 Å². The smallest absolute Gasteiger partial charge is 0.417 e. The van der Waals surface area contributed by atoms with Crippen LogP contribution in [0.3, 0.4) is 0 Å². The van der Waals surface area contributed by atoms with Crippen LogP contribution in [-0.2, 0) is 12.1 Å². The zero-order valence-electron chi connectivity index (χ0n) is 19.8. The number of hydrogen-bond acceptors (Lipinski definition) is 4. The molecule has 37 heavy (non-hydrogen) atoms. The molecule has 2 aromatic heterocycles. The van der Waals surface area contributed by atoms with Gasteiger partial charge in [0, 0.05) is 25.9 Å². The molecule has 5 nitrogen and oxygen atoms in total. The third-order valence-corrected chi connectivity index (χ3v) is 4.75. The predicted octanol–water partition coefficient (Wildman–Crippen LogP) is 6.85. The minimum atomic E-state index is -4.82. The summed E-state index contributed by atoms with van der Waals surface area (Å²) in [4.78, 5) is 10.4. The van der Waals surface area contributed by atoms with Crippen molar-refractivity contribution in [3.63, 3.8) is 0 Å². The summed E-state index contributed by atoms with van der Waals surface area (Å²) in [6.07, 6.45) is -2.57. The summed E-state index contributed by atoms with van der Waals surface area (Å²) in [5.74, 6) is -10.3. The highest BCUT2D eigenvalue weighted by molar-refractivity contribution is 5.54. The van der Waals surface area contributed by atoms with Gasteiger partial charge in [-0.15, -0.1) is 0 Å². The zero-order chi connectivity index (χ0) is 27.8. The zero-order valence-corrected chi connectivity index (χ0v) is 19.8. The standard InChI is InChI=1S/C22H16F8N4O.C2H6/c1-31-11-32-10-16(15-4-2-13(23)7-17(15)24)21(26,27)19-5-3-14(9-33-19)35-20-18(25)6-12(8-34-20)22(28,29)30;1-2/h2-9,11,16H,10H2,1H3,(H,31,32);1-2H3. The highest BCUT2D eigenvalue weighted by Gasteiger charge is 2.44. The molecular weight excluding hydrogens is 512 g/mol. The number of ether oxygens (including phenoxy) is 1. The Hall–Kier alpha value is -3.77. The molecule has 13 heteroatoms. The van der Waals surface area contributed by atoms with Crippen molar-refractivity contribution in [1.82, 2.24) is 15.3 Å². The Balaban J connectivity index is 0.00000235. The Bertz CT molecular complexity index is 1200. The highest BCUT2D eigenvalue weighted by Crippen LogP contribution is 2.42. The van der Waals surface area contributed by atoms with Gasteiger partial charge in [0.2, 0.25) is 0 Å². The Labute approximate surface area is 207 Å². The Kier molecular flexibility index (Phi) is 9.92. The molecule has 0 aliphatic rings. The molecule has 0 saturated heterocycles. The summed E-state index contributed by atoms with van der Waals surface area (Å²) < 4.78 is 115.